The molecule has 2 saturated heterocycles. The van der Waals surface area contributed by atoms with E-state index < -0.39 is 11.8 Å². The van der Waals surface area contributed by atoms with Crippen molar-refractivity contribution in [3.05, 3.63) is 0 Å². The van der Waals surface area contributed by atoms with Crippen LogP contribution < -0.4 is 10.6 Å². The lowest BCUT2D eigenvalue weighted by Crippen LogP contribution is -2.54. The number of imide groups is 1. The third-order valence-corrected chi connectivity index (χ3v) is 4.57. The average Bonchev–Trinajstić information content (AvgIpc) is 2.47. The van der Waals surface area contributed by atoms with Crippen molar-refractivity contribution in [1.29, 1.82) is 0 Å². The molecule has 2 rings (SSSR count). The number of nitrogens with one attached hydrogen (secondary N) is 2. The van der Waals surface area contributed by atoms with E-state index in [-0.39, 0.29) is 23.9 Å². The molecule has 2 fully saturated rings. The highest BCUT2D eigenvalue weighted by molar-refractivity contribution is 6.37. The lowest BCUT2D eigenvalue weighted by atomic mass is 9.96. The van der Waals surface area contributed by atoms with Crippen LogP contribution in [0.15, 0.2) is 0 Å². The van der Waals surface area contributed by atoms with E-state index in [2.05, 4.69) is 10.6 Å². The summed E-state index contributed by atoms with van der Waals surface area (Å²) in [6, 6.07) is 0.113. The summed E-state index contributed by atoms with van der Waals surface area (Å²) in [4.78, 5) is 38.0. The summed E-state index contributed by atoms with van der Waals surface area (Å²) < 4.78 is 0. The molecule has 0 aliphatic carbocycles. The quantitative estimate of drug-likeness (QED) is 0.687. The first-order valence-corrected chi connectivity index (χ1v) is 7.89. The second-order valence-electron chi connectivity index (χ2n) is 6.18. The normalized spacial score (nSPS) is 27.2. The van der Waals surface area contributed by atoms with Gasteiger partial charge >= 0.3 is 11.8 Å². The van der Waals surface area contributed by atoms with Gasteiger partial charge in [0.15, 0.2) is 0 Å². The molecule has 0 aromatic heterocycles. The van der Waals surface area contributed by atoms with Crippen molar-refractivity contribution in [2.24, 2.45) is 5.92 Å². The van der Waals surface area contributed by atoms with Crippen molar-refractivity contribution in [3.8, 4) is 0 Å². The van der Waals surface area contributed by atoms with Crippen molar-refractivity contribution in [1.82, 2.24) is 15.5 Å². The summed E-state index contributed by atoms with van der Waals surface area (Å²) in [6.45, 7) is 5.46. The van der Waals surface area contributed by atoms with Gasteiger partial charge in [-0.1, -0.05) is 0 Å². The van der Waals surface area contributed by atoms with E-state index in [0.29, 0.717) is 12.8 Å². The molecule has 6 heteroatoms. The van der Waals surface area contributed by atoms with Gasteiger partial charge in [-0.3, -0.25) is 19.7 Å². The smallest absolute Gasteiger partial charge is 0.316 e. The summed E-state index contributed by atoms with van der Waals surface area (Å²) in [7, 11) is 0. The van der Waals surface area contributed by atoms with Gasteiger partial charge in [0.05, 0.1) is 0 Å². The molecule has 0 aromatic carbocycles. The minimum Gasteiger partial charge on any atom is -0.329 e. The van der Waals surface area contributed by atoms with Crippen LogP contribution in [0.1, 0.15) is 46.0 Å². The molecule has 0 aromatic rings. The predicted molar refractivity (Wildman–Crippen MR) is 78.4 cm³/mol. The molecule has 6 nitrogen and oxygen atoms in total. The van der Waals surface area contributed by atoms with Crippen LogP contribution in [-0.4, -0.2) is 47.8 Å². The standard InChI is InChI=1S/C15H25N3O3/c1-10-4-3-5-11(2)18(10)15(21)14(20)17-13(19)12-6-8-16-9-7-12/h10-12,16H,3-9H2,1-2H3,(H,17,19,20). The highest BCUT2D eigenvalue weighted by Gasteiger charge is 2.34. The molecule has 3 amide bonds. The number of amides is 3. The Hall–Kier alpha value is -1.43. The lowest BCUT2D eigenvalue weighted by Gasteiger charge is -2.38. The first-order chi connectivity index (χ1) is 10.0. The van der Waals surface area contributed by atoms with Gasteiger partial charge in [0.1, 0.15) is 0 Å². The van der Waals surface area contributed by atoms with Crippen molar-refractivity contribution in [3.63, 3.8) is 0 Å². The Bertz CT molecular complexity index is 408. The van der Waals surface area contributed by atoms with Crippen LogP contribution in [0.4, 0.5) is 0 Å². The van der Waals surface area contributed by atoms with E-state index in [9.17, 15) is 14.4 Å². The van der Waals surface area contributed by atoms with E-state index in [1.165, 1.54) is 0 Å². The maximum absolute atomic E-state index is 12.3. The van der Waals surface area contributed by atoms with Crippen LogP contribution in [-0.2, 0) is 14.4 Å². The Morgan fingerprint density at radius 2 is 1.57 bits per heavy atom. The number of carbonyl (C=O) groups excluding carboxylic acids is 3. The maximum atomic E-state index is 12.3. The highest BCUT2D eigenvalue weighted by atomic mass is 16.2. The zero-order valence-electron chi connectivity index (χ0n) is 12.9. The third kappa shape index (κ3) is 3.81. The number of carbonyl (C=O) groups is 3. The van der Waals surface area contributed by atoms with Crippen LogP contribution in [0.3, 0.4) is 0 Å². The second-order valence-corrected chi connectivity index (χ2v) is 6.18. The van der Waals surface area contributed by atoms with Gasteiger partial charge in [-0.25, -0.2) is 0 Å². The summed E-state index contributed by atoms with van der Waals surface area (Å²) in [5.41, 5.74) is 0. The zero-order valence-corrected chi connectivity index (χ0v) is 12.9. The number of rotatable bonds is 1. The maximum Gasteiger partial charge on any atom is 0.316 e. The van der Waals surface area contributed by atoms with Gasteiger partial charge in [-0.05, 0) is 59.0 Å². The number of nitrogens with zero attached hydrogens (tertiary/aromatic N) is 1. The summed E-state index contributed by atoms with van der Waals surface area (Å²) in [6.07, 6.45) is 4.31. The molecule has 118 valence electrons. The Balaban J connectivity index is 1.92. The highest BCUT2D eigenvalue weighted by Crippen LogP contribution is 2.22. The Labute approximate surface area is 125 Å². The third-order valence-electron chi connectivity index (χ3n) is 4.57. The average molecular weight is 295 g/mol. The van der Waals surface area contributed by atoms with Gasteiger partial charge in [0.2, 0.25) is 5.91 Å². The van der Waals surface area contributed by atoms with Crippen LogP contribution in [0.25, 0.3) is 0 Å². The van der Waals surface area contributed by atoms with Gasteiger partial charge < -0.3 is 10.2 Å². The first-order valence-electron chi connectivity index (χ1n) is 7.89. The molecule has 0 saturated carbocycles. The Kier molecular flexibility index (Phi) is 5.33. The van der Waals surface area contributed by atoms with Crippen molar-refractivity contribution in [2.45, 2.75) is 58.0 Å². The number of likely N-dealkylation sites (tertiary alicyclic amines) is 1. The topological polar surface area (TPSA) is 78.5 Å². The van der Waals surface area contributed by atoms with E-state index in [4.69, 9.17) is 0 Å². The van der Waals surface area contributed by atoms with Crippen LogP contribution in [0.5, 0.6) is 0 Å². The van der Waals surface area contributed by atoms with Crippen molar-refractivity contribution < 1.29 is 14.4 Å². The minimum atomic E-state index is -0.779. The fourth-order valence-corrected chi connectivity index (χ4v) is 3.29. The monoisotopic (exact) mass is 295 g/mol. The first kappa shape index (κ1) is 15.9. The number of hydrogen-bond acceptors (Lipinski definition) is 4. The second kappa shape index (κ2) is 7.02. The molecule has 21 heavy (non-hydrogen) atoms. The predicted octanol–water partition coefficient (Wildman–Crippen LogP) is 0.418. The molecular formula is C15H25N3O3. The SMILES string of the molecule is CC1CCCC(C)N1C(=O)C(=O)NC(=O)C1CCNCC1. The largest absolute Gasteiger partial charge is 0.329 e. The molecule has 0 bridgehead atoms. The minimum absolute atomic E-state index is 0.0565. The van der Waals surface area contributed by atoms with Gasteiger partial charge in [0, 0.05) is 18.0 Å². The summed E-state index contributed by atoms with van der Waals surface area (Å²) in [5, 5.41) is 5.46. The summed E-state index contributed by atoms with van der Waals surface area (Å²) in [5.74, 6) is -1.83. The fraction of sp³-hybridized carbons (Fsp3) is 0.800. The molecule has 0 spiro atoms. The number of hydrogen-bond donors (Lipinski definition) is 2. The van der Waals surface area contributed by atoms with Crippen molar-refractivity contribution >= 4 is 17.7 Å². The molecule has 2 N–H and O–H groups in total. The van der Waals surface area contributed by atoms with Gasteiger partial charge in [0.25, 0.3) is 0 Å². The molecular weight excluding hydrogens is 270 g/mol. The van der Waals surface area contributed by atoms with Crippen LogP contribution >= 0.6 is 0 Å². The molecule has 2 heterocycles. The van der Waals surface area contributed by atoms with E-state index >= 15 is 0 Å². The zero-order chi connectivity index (χ0) is 15.4. The van der Waals surface area contributed by atoms with Crippen LogP contribution in [0.2, 0.25) is 0 Å². The lowest BCUT2D eigenvalue weighted by molar-refractivity contribution is -0.152. The van der Waals surface area contributed by atoms with E-state index in [0.717, 1.165) is 32.4 Å². The van der Waals surface area contributed by atoms with Gasteiger partial charge in [-0.15, -0.1) is 0 Å². The Morgan fingerprint density at radius 3 is 2.14 bits per heavy atom. The molecule has 2 unspecified atom stereocenters. The number of piperidine rings is 2. The van der Waals surface area contributed by atoms with Gasteiger partial charge in [-0.2, -0.15) is 0 Å². The molecule has 0 radical (unpaired) electrons. The molecule has 2 aliphatic rings. The van der Waals surface area contributed by atoms with Crippen LogP contribution in [0, 0.1) is 5.92 Å². The van der Waals surface area contributed by atoms with E-state index in [1.54, 1.807) is 4.90 Å². The summed E-state index contributed by atoms with van der Waals surface area (Å²) >= 11 is 0. The molecule has 2 aliphatic heterocycles. The van der Waals surface area contributed by atoms with E-state index in [1.807, 2.05) is 13.8 Å². The molecule has 2 atom stereocenters. The Morgan fingerprint density at radius 1 is 1.00 bits per heavy atom. The fourth-order valence-electron chi connectivity index (χ4n) is 3.29. The van der Waals surface area contributed by atoms with Crippen molar-refractivity contribution in [2.75, 3.05) is 13.1 Å².